The molecule has 66 valence electrons. The van der Waals surface area contributed by atoms with Crippen molar-refractivity contribution in [3.05, 3.63) is 22.9 Å². The molecule has 1 aromatic rings. The van der Waals surface area contributed by atoms with E-state index in [0.29, 0.717) is 6.04 Å². The van der Waals surface area contributed by atoms with Gasteiger partial charge in [-0.3, -0.25) is 4.57 Å². The highest BCUT2D eigenvalue weighted by Gasteiger charge is 2.41. The highest BCUT2D eigenvalue weighted by Crippen LogP contribution is 2.47. The van der Waals surface area contributed by atoms with E-state index in [-0.39, 0.29) is 10.4 Å². The maximum Gasteiger partial charge on any atom is 0.325 e. The second-order valence-electron chi connectivity index (χ2n) is 3.60. The van der Waals surface area contributed by atoms with Crippen molar-refractivity contribution in [1.82, 2.24) is 9.55 Å². The predicted octanol–water partition coefficient (Wildman–Crippen LogP) is 1.24. The van der Waals surface area contributed by atoms with Gasteiger partial charge in [0.1, 0.15) is 0 Å². The number of rotatable bonds is 1. The molecule has 2 heterocycles. The lowest BCUT2D eigenvalue weighted by atomic mass is 10.0. The molecule has 1 saturated heterocycles. The van der Waals surface area contributed by atoms with Gasteiger partial charge in [-0.25, -0.2) is 4.79 Å². The third-order valence-corrected chi connectivity index (χ3v) is 3.93. The number of hydrogen-bond acceptors (Lipinski definition) is 2. The summed E-state index contributed by atoms with van der Waals surface area (Å²) in [6.45, 7) is 4.34. The minimum absolute atomic E-state index is 0.00775. The van der Waals surface area contributed by atoms with E-state index in [9.17, 15) is 4.79 Å². The van der Waals surface area contributed by atoms with E-state index >= 15 is 0 Å². The molecule has 12 heavy (non-hydrogen) atoms. The van der Waals surface area contributed by atoms with Crippen LogP contribution in [0.5, 0.6) is 0 Å². The molecule has 1 aliphatic heterocycles. The fourth-order valence-electron chi connectivity index (χ4n) is 1.48. The SMILES string of the molecule is CC1(C)SCC1n1cc[nH]c1=O. The second-order valence-corrected chi connectivity index (χ2v) is 5.28. The summed E-state index contributed by atoms with van der Waals surface area (Å²) in [5, 5.41) is 0. The molecule has 0 spiro atoms. The molecule has 0 amide bonds. The molecule has 1 atom stereocenters. The van der Waals surface area contributed by atoms with Gasteiger partial charge in [0.15, 0.2) is 0 Å². The smallest absolute Gasteiger partial charge is 0.313 e. The van der Waals surface area contributed by atoms with Crippen molar-refractivity contribution in [2.24, 2.45) is 0 Å². The summed E-state index contributed by atoms with van der Waals surface area (Å²) in [5.41, 5.74) is 0.00775. The lowest BCUT2D eigenvalue weighted by Gasteiger charge is -2.43. The summed E-state index contributed by atoms with van der Waals surface area (Å²) >= 11 is 1.90. The zero-order valence-electron chi connectivity index (χ0n) is 7.20. The van der Waals surface area contributed by atoms with E-state index in [2.05, 4.69) is 18.8 Å². The van der Waals surface area contributed by atoms with E-state index < -0.39 is 0 Å². The van der Waals surface area contributed by atoms with Crippen molar-refractivity contribution in [2.75, 3.05) is 5.75 Å². The lowest BCUT2D eigenvalue weighted by molar-refractivity contribution is 0.409. The molecule has 0 aromatic carbocycles. The summed E-state index contributed by atoms with van der Waals surface area (Å²) in [7, 11) is 0. The molecule has 1 aromatic heterocycles. The number of nitrogens with one attached hydrogen (secondary N) is 1. The average Bonchev–Trinajstić information content (AvgIpc) is 2.35. The molecule has 0 bridgehead atoms. The first-order chi connectivity index (χ1) is 5.61. The largest absolute Gasteiger partial charge is 0.325 e. The van der Waals surface area contributed by atoms with Gasteiger partial charge in [-0.1, -0.05) is 0 Å². The molecule has 1 aliphatic rings. The first-order valence-corrected chi connectivity index (χ1v) is 4.99. The Balaban J connectivity index is 2.33. The summed E-state index contributed by atoms with van der Waals surface area (Å²) < 4.78 is 2.00. The Kier molecular flexibility index (Phi) is 1.61. The van der Waals surface area contributed by atoms with Crippen molar-refractivity contribution in [3.8, 4) is 0 Å². The van der Waals surface area contributed by atoms with E-state index in [4.69, 9.17) is 0 Å². The number of imidazole rings is 1. The molecule has 1 N–H and O–H groups in total. The zero-order chi connectivity index (χ0) is 8.77. The summed E-state index contributed by atoms with van der Waals surface area (Å²) in [6.07, 6.45) is 3.52. The summed E-state index contributed by atoms with van der Waals surface area (Å²) in [4.78, 5) is 13.9. The molecule has 3 nitrogen and oxygen atoms in total. The fraction of sp³-hybridized carbons (Fsp3) is 0.625. The molecular weight excluding hydrogens is 172 g/mol. The first kappa shape index (κ1) is 7.98. The van der Waals surface area contributed by atoms with Gasteiger partial charge in [-0.05, 0) is 13.8 Å². The Morgan fingerprint density at radius 1 is 1.75 bits per heavy atom. The Morgan fingerprint density at radius 2 is 2.50 bits per heavy atom. The topological polar surface area (TPSA) is 37.8 Å². The lowest BCUT2D eigenvalue weighted by Crippen LogP contribution is -2.44. The van der Waals surface area contributed by atoms with Crippen LogP contribution in [0.3, 0.4) is 0 Å². The first-order valence-electron chi connectivity index (χ1n) is 4.01. The number of nitrogens with zero attached hydrogens (tertiary/aromatic N) is 1. The van der Waals surface area contributed by atoms with Crippen LogP contribution in [-0.4, -0.2) is 20.1 Å². The highest BCUT2D eigenvalue weighted by molar-refractivity contribution is 8.02. The minimum atomic E-state index is 0.00775. The van der Waals surface area contributed by atoms with Crippen LogP contribution in [0, 0.1) is 0 Å². The Morgan fingerprint density at radius 3 is 2.83 bits per heavy atom. The normalized spacial score (nSPS) is 26.7. The molecular formula is C8H12N2OS. The van der Waals surface area contributed by atoms with E-state index in [0.717, 1.165) is 5.75 Å². The second kappa shape index (κ2) is 2.42. The van der Waals surface area contributed by atoms with Gasteiger partial charge in [0.25, 0.3) is 0 Å². The fourth-order valence-corrected chi connectivity index (χ4v) is 2.74. The number of thioether (sulfide) groups is 1. The van der Waals surface area contributed by atoms with Crippen molar-refractivity contribution < 1.29 is 0 Å². The third-order valence-electron chi connectivity index (χ3n) is 2.43. The number of aromatic nitrogens is 2. The van der Waals surface area contributed by atoms with Crippen LogP contribution in [0.1, 0.15) is 19.9 Å². The standard InChI is InChI=1S/C8H12N2OS/c1-8(2)6(5-12-8)10-4-3-9-7(10)11/h3-4,6H,5H2,1-2H3,(H,9,11). The maximum absolute atomic E-state index is 11.2. The van der Waals surface area contributed by atoms with Gasteiger partial charge >= 0.3 is 5.69 Å². The van der Waals surface area contributed by atoms with Crippen LogP contribution in [0.4, 0.5) is 0 Å². The van der Waals surface area contributed by atoms with Crippen molar-refractivity contribution in [1.29, 1.82) is 0 Å². The van der Waals surface area contributed by atoms with Crippen molar-refractivity contribution in [2.45, 2.75) is 24.6 Å². The van der Waals surface area contributed by atoms with Gasteiger partial charge in [0.2, 0.25) is 0 Å². The molecule has 2 rings (SSSR count). The Bertz CT molecular complexity index is 339. The molecule has 0 aliphatic carbocycles. The van der Waals surface area contributed by atoms with E-state index in [1.54, 1.807) is 10.8 Å². The minimum Gasteiger partial charge on any atom is -0.313 e. The quantitative estimate of drug-likeness (QED) is 0.713. The predicted molar refractivity (Wildman–Crippen MR) is 50.6 cm³/mol. The Labute approximate surface area is 75.2 Å². The van der Waals surface area contributed by atoms with Gasteiger partial charge in [0, 0.05) is 22.9 Å². The van der Waals surface area contributed by atoms with Gasteiger partial charge < -0.3 is 4.98 Å². The van der Waals surface area contributed by atoms with Crippen molar-refractivity contribution in [3.63, 3.8) is 0 Å². The molecule has 0 saturated carbocycles. The number of hydrogen-bond donors (Lipinski definition) is 1. The van der Waals surface area contributed by atoms with Crippen LogP contribution in [0.2, 0.25) is 0 Å². The van der Waals surface area contributed by atoms with Crippen LogP contribution in [0.15, 0.2) is 17.2 Å². The monoisotopic (exact) mass is 184 g/mol. The summed E-state index contributed by atoms with van der Waals surface area (Å²) in [6, 6.07) is 0.362. The molecule has 0 radical (unpaired) electrons. The molecule has 1 unspecified atom stereocenters. The number of H-pyrrole nitrogens is 1. The zero-order valence-corrected chi connectivity index (χ0v) is 8.02. The number of aromatic amines is 1. The highest BCUT2D eigenvalue weighted by atomic mass is 32.2. The Hall–Kier alpha value is -0.640. The maximum atomic E-state index is 11.2. The third kappa shape index (κ3) is 1.02. The van der Waals surface area contributed by atoms with Gasteiger partial charge in [0.05, 0.1) is 6.04 Å². The van der Waals surface area contributed by atoms with Crippen LogP contribution in [0.25, 0.3) is 0 Å². The van der Waals surface area contributed by atoms with Crippen LogP contribution >= 0.6 is 11.8 Å². The van der Waals surface area contributed by atoms with Crippen LogP contribution in [-0.2, 0) is 0 Å². The molecule has 1 fully saturated rings. The van der Waals surface area contributed by atoms with Crippen molar-refractivity contribution >= 4 is 11.8 Å². The molecule has 4 heteroatoms. The van der Waals surface area contributed by atoms with Crippen LogP contribution < -0.4 is 5.69 Å². The summed E-state index contributed by atoms with van der Waals surface area (Å²) in [5.74, 6) is 1.05. The average molecular weight is 184 g/mol. The van der Waals surface area contributed by atoms with Gasteiger partial charge in [-0.15, -0.1) is 0 Å². The van der Waals surface area contributed by atoms with Gasteiger partial charge in [-0.2, -0.15) is 11.8 Å². The van der Waals surface area contributed by atoms with E-state index in [1.807, 2.05) is 18.0 Å². The van der Waals surface area contributed by atoms with E-state index in [1.165, 1.54) is 0 Å².